The van der Waals surface area contributed by atoms with Crippen molar-refractivity contribution in [3.8, 4) is 23.3 Å². The van der Waals surface area contributed by atoms with Crippen molar-refractivity contribution in [3.05, 3.63) is 53.6 Å². The highest BCUT2D eigenvalue weighted by atomic mass is 32.2. The second kappa shape index (κ2) is 7.06. The van der Waals surface area contributed by atoms with Gasteiger partial charge in [-0.2, -0.15) is 9.94 Å². The van der Waals surface area contributed by atoms with Gasteiger partial charge in [0, 0.05) is 6.07 Å². The maximum absolute atomic E-state index is 9.54. The first kappa shape index (κ1) is 16.4. The lowest BCUT2D eigenvalue weighted by molar-refractivity contribution is 0.174. The molecule has 1 aromatic heterocycles. The maximum Gasteiger partial charge on any atom is 0.231 e. The van der Waals surface area contributed by atoms with Gasteiger partial charge in [-0.15, -0.1) is 5.10 Å². The summed E-state index contributed by atoms with van der Waals surface area (Å²) in [6, 6.07) is 16.0. The average molecular weight is 365 g/mol. The highest BCUT2D eigenvalue weighted by molar-refractivity contribution is 8.00. The molecule has 0 unspecified atom stereocenters. The van der Waals surface area contributed by atoms with E-state index in [1.165, 1.54) is 17.3 Å². The molecule has 0 saturated heterocycles. The van der Waals surface area contributed by atoms with Crippen molar-refractivity contribution in [2.45, 2.75) is 23.8 Å². The van der Waals surface area contributed by atoms with Crippen LogP contribution in [0.4, 0.5) is 0 Å². The van der Waals surface area contributed by atoms with Gasteiger partial charge in [0.05, 0.1) is 11.8 Å². The average Bonchev–Trinajstić information content (AvgIpc) is 3.31. The minimum absolute atomic E-state index is 0.211. The normalized spacial score (nSPS) is 13.4. The summed E-state index contributed by atoms with van der Waals surface area (Å²) in [6.45, 7) is 2.25. The molecule has 0 radical (unpaired) electrons. The van der Waals surface area contributed by atoms with Crippen LogP contribution in [-0.4, -0.2) is 32.3 Å². The second-order valence-electron chi connectivity index (χ2n) is 5.84. The number of fused-ring (bicyclic) bond motifs is 1. The zero-order valence-electron chi connectivity index (χ0n) is 14.0. The first-order valence-corrected chi connectivity index (χ1v) is 8.91. The largest absolute Gasteiger partial charge is 0.454 e. The van der Waals surface area contributed by atoms with Crippen LogP contribution >= 0.6 is 11.8 Å². The van der Waals surface area contributed by atoms with Crippen LogP contribution in [0.3, 0.4) is 0 Å². The lowest BCUT2D eigenvalue weighted by Gasteiger charge is -2.09. The van der Waals surface area contributed by atoms with Gasteiger partial charge in [-0.1, -0.05) is 41.6 Å². The standard InChI is InChI=1S/C18H15N5O2S/c1-12-2-4-13(5-3-12)8-15(10-19)26-18-20-21-22-23(18)14-6-7-16-17(9-14)25-11-24-16/h2-7,9,15H,8,11H2,1H3/t15-/m1/s1. The van der Waals surface area contributed by atoms with Crippen LogP contribution in [0, 0.1) is 18.3 Å². The second-order valence-corrected chi connectivity index (χ2v) is 7.01. The molecule has 26 heavy (non-hydrogen) atoms. The van der Waals surface area contributed by atoms with Gasteiger partial charge < -0.3 is 9.47 Å². The monoisotopic (exact) mass is 365 g/mol. The van der Waals surface area contributed by atoms with E-state index in [9.17, 15) is 5.26 Å². The zero-order valence-corrected chi connectivity index (χ0v) is 14.8. The van der Waals surface area contributed by atoms with E-state index in [-0.39, 0.29) is 12.0 Å². The Kier molecular flexibility index (Phi) is 4.46. The molecule has 0 spiro atoms. The Morgan fingerprint density at radius 3 is 2.81 bits per heavy atom. The van der Waals surface area contributed by atoms with Gasteiger partial charge in [-0.3, -0.25) is 0 Å². The molecule has 3 aromatic rings. The first-order chi connectivity index (χ1) is 12.7. The predicted octanol–water partition coefficient (Wildman–Crippen LogP) is 2.93. The molecule has 1 aliphatic rings. The third-order valence-electron chi connectivity index (χ3n) is 3.97. The number of aryl methyl sites for hydroxylation is 1. The van der Waals surface area contributed by atoms with Crippen molar-refractivity contribution in [1.29, 1.82) is 5.26 Å². The molecule has 7 nitrogen and oxygen atoms in total. The fraction of sp³-hybridized carbons (Fsp3) is 0.222. The van der Waals surface area contributed by atoms with Gasteiger partial charge >= 0.3 is 0 Å². The predicted molar refractivity (Wildman–Crippen MR) is 95.4 cm³/mol. The minimum Gasteiger partial charge on any atom is -0.454 e. The van der Waals surface area contributed by atoms with Crippen molar-refractivity contribution in [1.82, 2.24) is 20.2 Å². The lowest BCUT2D eigenvalue weighted by atomic mass is 10.1. The smallest absolute Gasteiger partial charge is 0.231 e. The van der Waals surface area contributed by atoms with E-state index in [0.717, 1.165) is 11.3 Å². The molecule has 0 N–H and O–H groups in total. The van der Waals surface area contributed by atoms with Crippen LogP contribution in [0.25, 0.3) is 5.69 Å². The Morgan fingerprint density at radius 1 is 1.19 bits per heavy atom. The summed E-state index contributed by atoms with van der Waals surface area (Å²) in [4.78, 5) is 0. The topological polar surface area (TPSA) is 85.9 Å². The molecule has 0 bridgehead atoms. The molecule has 0 amide bonds. The van der Waals surface area contributed by atoms with Crippen molar-refractivity contribution in [2.24, 2.45) is 0 Å². The number of nitrogens with zero attached hydrogens (tertiary/aromatic N) is 5. The third-order valence-corrected chi connectivity index (χ3v) is 5.00. The van der Waals surface area contributed by atoms with Gasteiger partial charge in [-0.05, 0) is 41.5 Å². The molecule has 0 fully saturated rings. The SMILES string of the molecule is Cc1ccc(C[C@H](C#N)Sc2nnnn2-c2ccc3c(c2)OCO3)cc1. The van der Waals surface area contributed by atoms with Gasteiger partial charge in [0.2, 0.25) is 11.9 Å². The summed E-state index contributed by atoms with van der Waals surface area (Å²) in [5.41, 5.74) is 3.06. The van der Waals surface area contributed by atoms with Crippen molar-refractivity contribution in [3.63, 3.8) is 0 Å². The number of tetrazole rings is 1. The first-order valence-electron chi connectivity index (χ1n) is 8.03. The summed E-state index contributed by atoms with van der Waals surface area (Å²) in [5.74, 6) is 1.36. The third kappa shape index (κ3) is 3.34. The van der Waals surface area contributed by atoms with Crippen LogP contribution in [0.2, 0.25) is 0 Å². The quantitative estimate of drug-likeness (QED) is 0.643. The van der Waals surface area contributed by atoms with Crippen molar-refractivity contribution in [2.75, 3.05) is 6.79 Å². The Balaban J connectivity index is 1.54. The summed E-state index contributed by atoms with van der Waals surface area (Å²) < 4.78 is 12.3. The number of ether oxygens (including phenoxy) is 2. The fourth-order valence-electron chi connectivity index (χ4n) is 2.61. The number of aromatic nitrogens is 4. The lowest BCUT2D eigenvalue weighted by Crippen LogP contribution is -2.07. The number of benzene rings is 2. The molecule has 8 heteroatoms. The van der Waals surface area contributed by atoms with E-state index in [2.05, 4.69) is 21.6 Å². The van der Waals surface area contributed by atoms with Crippen LogP contribution < -0.4 is 9.47 Å². The van der Waals surface area contributed by atoms with Gasteiger partial charge in [0.1, 0.15) is 5.25 Å². The van der Waals surface area contributed by atoms with E-state index in [0.29, 0.717) is 23.1 Å². The fourth-order valence-corrected chi connectivity index (χ4v) is 3.52. The number of rotatable bonds is 5. The van der Waals surface area contributed by atoms with E-state index >= 15 is 0 Å². The number of nitriles is 1. The minimum atomic E-state index is -0.295. The van der Waals surface area contributed by atoms with Gasteiger partial charge in [-0.25, -0.2) is 0 Å². The molecular weight excluding hydrogens is 350 g/mol. The summed E-state index contributed by atoms with van der Waals surface area (Å²) in [7, 11) is 0. The molecule has 4 rings (SSSR count). The molecule has 2 heterocycles. The van der Waals surface area contributed by atoms with Crippen LogP contribution in [0.1, 0.15) is 11.1 Å². The molecule has 0 saturated carbocycles. The Labute approximate surface area is 154 Å². The summed E-state index contributed by atoms with van der Waals surface area (Å²) >= 11 is 1.34. The zero-order chi connectivity index (χ0) is 17.9. The van der Waals surface area contributed by atoms with Crippen LogP contribution in [-0.2, 0) is 6.42 Å². The molecule has 130 valence electrons. The van der Waals surface area contributed by atoms with Crippen molar-refractivity contribution < 1.29 is 9.47 Å². The highest BCUT2D eigenvalue weighted by Gasteiger charge is 2.19. The maximum atomic E-state index is 9.54. The number of thioether (sulfide) groups is 1. The Morgan fingerprint density at radius 2 is 2.00 bits per heavy atom. The Bertz CT molecular complexity index is 964. The summed E-state index contributed by atoms with van der Waals surface area (Å²) in [6.07, 6.45) is 0.620. The number of hydrogen-bond acceptors (Lipinski definition) is 7. The van der Waals surface area contributed by atoms with E-state index in [4.69, 9.17) is 9.47 Å². The molecule has 1 atom stereocenters. The van der Waals surface area contributed by atoms with Gasteiger partial charge in [0.15, 0.2) is 11.5 Å². The highest BCUT2D eigenvalue weighted by Crippen LogP contribution is 2.34. The van der Waals surface area contributed by atoms with Gasteiger partial charge in [0.25, 0.3) is 0 Å². The Hall–Kier alpha value is -3.05. The van der Waals surface area contributed by atoms with E-state index < -0.39 is 0 Å². The molecule has 0 aliphatic carbocycles. The van der Waals surface area contributed by atoms with E-state index in [1.807, 2.05) is 49.4 Å². The van der Waals surface area contributed by atoms with E-state index in [1.54, 1.807) is 4.68 Å². The summed E-state index contributed by atoms with van der Waals surface area (Å²) in [5, 5.41) is 21.7. The molecule has 2 aromatic carbocycles. The van der Waals surface area contributed by atoms with Crippen LogP contribution in [0.5, 0.6) is 11.5 Å². The molecular formula is C18H15N5O2S. The molecule has 1 aliphatic heterocycles. The van der Waals surface area contributed by atoms with Crippen LogP contribution in [0.15, 0.2) is 47.6 Å². The number of hydrogen-bond donors (Lipinski definition) is 0. The van der Waals surface area contributed by atoms with Crippen molar-refractivity contribution >= 4 is 11.8 Å².